The van der Waals surface area contributed by atoms with Crippen LogP contribution in [0.25, 0.3) is 0 Å². The van der Waals surface area contributed by atoms with E-state index >= 15 is 0 Å². The second-order valence-electron chi connectivity index (χ2n) is 6.20. The zero-order valence-electron chi connectivity index (χ0n) is 15.5. The Morgan fingerprint density at radius 1 is 1.14 bits per heavy atom. The smallest absolute Gasteiger partial charge is 0.258 e. The maximum Gasteiger partial charge on any atom is 0.258 e. The van der Waals surface area contributed by atoms with Crippen LogP contribution in [0.1, 0.15) is 10.4 Å². The van der Waals surface area contributed by atoms with E-state index < -0.39 is 11.7 Å². The first-order valence-corrected chi connectivity index (χ1v) is 8.83. The monoisotopic (exact) mass is 384 g/mol. The van der Waals surface area contributed by atoms with Gasteiger partial charge in [0.25, 0.3) is 5.91 Å². The van der Waals surface area contributed by atoms with Gasteiger partial charge in [-0.25, -0.2) is 9.38 Å². The minimum absolute atomic E-state index is 0.194. The van der Waals surface area contributed by atoms with E-state index in [0.29, 0.717) is 43.6 Å². The van der Waals surface area contributed by atoms with Crippen LogP contribution in [0.4, 0.5) is 10.1 Å². The first kappa shape index (κ1) is 19.3. The summed E-state index contributed by atoms with van der Waals surface area (Å²) in [6.07, 6.45) is 0.805. The van der Waals surface area contributed by atoms with Crippen molar-refractivity contribution in [2.24, 2.45) is 4.99 Å². The van der Waals surface area contributed by atoms with Gasteiger partial charge in [0.05, 0.1) is 7.11 Å². The molecule has 0 aliphatic carbocycles. The summed E-state index contributed by atoms with van der Waals surface area (Å²) in [4.78, 5) is 31.7. The van der Waals surface area contributed by atoms with Crippen LogP contribution in [0.15, 0.2) is 53.5 Å². The van der Waals surface area contributed by atoms with Crippen LogP contribution in [0.2, 0.25) is 0 Å². The lowest BCUT2D eigenvalue weighted by atomic mass is 10.2. The second-order valence-corrected chi connectivity index (χ2v) is 6.20. The highest BCUT2D eigenvalue weighted by Gasteiger charge is 2.21. The Bertz CT molecular complexity index is 879. The first-order valence-electron chi connectivity index (χ1n) is 8.83. The number of carbonyl (C=O) groups is 2. The molecule has 0 atom stereocenters. The molecule has 2 amide bonds. The molecule has 0 aromatic heterocycles. The molecule has 2 aromatic carbocycles. The third-order valence-corrected chi connectivity index (χ3v) is 4.39. The summed E-state index contributed by atoms with van der Waals surface area (Å²) in [5, 5.41) is 2.77. The molecule has 146 valence electrons. The zero-order valence-corrected chi connectivity index (χ0v) is 15.5. The van der Waals surface area contributed by atoms with Gasteiger partial charge in [0.1, 0.15) is 17.3 Å². The second kappa shape index (κ2) is 8.98. The van der Waals surface area contributed by atoms with Crippen molar-refractivity contribution < 1.29 is 18.7 Å². The fourth-order valence-corrected chi connectivity index (χ4v) is 2.86. The van der Waals surface area contributed by atoms with Crippen LogP contribution >= 0.6 is 0 Å². The van der Waals surface area contributed by atoms with Crippen LogP contribution in [0.5, 0.6) is 5.75 Å². The summed E-state index contributed by atoms with van der Waals surface area (Å²) in [5.74, 6) is -0.0720. The Balaban J connectivity index is 1.89. The largest absolute Gasteiger partial charge is 0.494 e. The van der Waals surface area contributed by atoms with Gasteiger partial charge in [0.2, 0.25) is 12.4 Å². The standard InChI is InChI=1S/C20H21FN4O3/c1-28-18-8-3-2-7-17(18)22-20(25-11-9-24(14-26)10-12-25)23-19(27)15-5-4-6-16(21)13-15/h2-8,13-14H,9-12H2,1H3,(H,22,23,27). The Kier molecular flexibility index (Phi) is 6.21. The van der Waals surface area contributed by atoms with Gasteiger partial charge in [0.15, 0.2) is 0 Å². The van der Waals surface area contributed by atoms with Gasteiger partial charge in [-0.05, 0) is 30.3 Å². The van der Waals surface area contributed by atoms with Crippen LogP contribution in [-0.2, 0) is 4.79 Å². The molecule has 7 nitrogen and oxygen atoms in total. The number of aliphatic imine (C=N–C) groups is 1. The number of nitrogens with one attached hydrogen (secondary N) is 1. The summed E-state index contributed by atoms with van der Waals surface area (Å²) in [6, 6.07) is 12.6. The topological polar surface area (TPSA) is 74.2 Å². The van der Waals surface area contributed by atoms with E-state index in [0.717, 1.165) is 6.41 Å². The molecule has 1 heterocycles. The number of rotatable bonds is 4. The highest BCUT2D eigenvalue weighted by molar-refractivity contribution is 6.06. The highest BCUT2D eigenvalue weighted by Crippen LogP contribution is 2.26. The van der Waals surface area contributed by atoms with E-state index in [1.165, 1.54) is 24.3 Å². The van der Waals surface area contributed by atoms with Gasteiger partial charge in [-0.2, -0.15) is 0 Å². The predicted molar refractivity (Wildman–Crippen MR) is 103 cm³/mol. The zero-order chi connectivity index (χ0) is 19.9. The molecule has 1 N–H and O–H groups in total. The molecule has 0 spiro atoms. The summed E-state index contributed by atoms with van der Waals surface area (Å²) in [7, 11) is 1.54. The van der Waals surface area contributed by atoms with Gasteiger partial charge >= 0.3 is 0 Å². The van der Waals surface area contributed by atoms with E-state index in [2.05, 4.69) is 10.3 Å². The van der Waals surface area contributed by atoms with Crippen molar-refractivity contribution in [1.82, 2.24) is 15.1 Å². The lowest BCUT2D eigenvalue weighted by molar-refractivity contribution is -0.119. The number of halogens is 1. The van der Waals surface area contributed by atoms with Crippen molar-refractivity contribution in [2.75, 3.05) is 33.3 Å². The number of nitrogens with zero attached hydrogens (tertiary/aromatic N) is 3. The molecule has 2 aromatic rings. The molecule has 1 aliphatic rings. The fourth-order valence-electron chi connectivity index (χ4n) is 2.86. The average Bonchev–Trinajstić information content (AvgIpc) is 2.73. The number of guanidine groups is 1. The van der Waals surface area contributed by atoms with Crippen molar-refractivity contribution in [3.63, 3.8) is 0 Å². The lowest BCUT2D eigenvalue weighted by Gasteiger charge is -2.34. The molecule has 0 saturated carbocycles. The molecule has 0 radical (unpaired) electrons. The van der Waals surface area contributed by atoms with Crippen molar-refractivity contribution in [3.8, 4) is 5.75 Å². The van der Waals surface area contributed by atoms with Crippen molar-refractivity contribution in [3.05, 3.63) is 59.9 Å². The third kappa shape index (κ3) is 4.64. The average molecular weight is 384 g/mol. The Morgan fingerprint density at radius 2 is 1.89 bits per heavy atom. The normalized spacial score (nSPS) is 14.6. The van der Waals surface area contributed by atoms with E-state index in [-0.39, 0.29) is 5.56 Å². The molecular weight excluding hydrogens is 363 g/mol. The summed E-state index contributed by atoms with van der Waals surface area (Å²) in [5.41, 5.74) is 0.747. The summed E-state index contributed by atoms with van der Waals surface area (Å²) < 4.78 is 18.8. The van der Waals surface area contributed by atoms with Crippen LogP contribution in [-0.4, -0.2) is 61.4 Å². The van der Waals surface area contributed by atoms with Crippen LogP contribution in [0.3, 0.4) is 0 Å². The summed E-state index contributed by atoms with van der Waals surface area (Å²) >= 11 is 0. The Morgan fingerprint density at radius 3 is 2.57 bits per heavy atom. The first-order chi connectivity index (χ1) is 13.6. The van der Waals surface area contributed by atoms with Crippen molar-refractivity contribution in [2.45, 2.75) is 0 Å². The number of benzene rings is 2. The van der Waals surface area contributed by atoms with E-state index in [9.17, 15) is 14.0 Å². The van der Waals surface area contributed by atoms with Gasteiger partial charge in [-0.3, -0.25) is 14.9 Å². The van der Waals surface area contributed by atoms with Crippen molar-refractivity contribution >= 4 is 24.0 Å². The Hall–Kier alpha value is -3.42. The molecule has 3 rings (SSSR count). The minimum atomic E-state index is -0.490. The van der Waals surface area contributed by atoms with Gasteiger partial charge in [-0.15, -0.1) is 0 Å². The Labute approximate surface area is 162 Å². The quantitative estimate of drug-likeness (QED) is 0.497. The molecular formula is C20H21FN4O3. The molecule has 28 heavy (non-hydrogen) atoms. The third-order valence-electron chi connectivity index (χ3n) is 4.39. The predicted octanol–water partition coefficient (Wildman–Crippen LogP) is 2.03. The number of amides is 2. The van der Waals surface area contributed by atoms with E-state index in [1.54, 1.807) is 24.1 Å². The molecule has 8 heteroatoms. The van der Waals surface area contributed by atoms with Gasteiger partial charge in [0, 0.05) is 31.7 Å². The summed E-state index contributed by atoms with van der Waals surface area (Å²) in [6.45, 7) is 2.06. The molecule has 1 fully saturated rings. The molecule has 0 unspecified atom stereocenters. The lowest BCUT2D eigenvalue weighted by Crippen LogP contribution is -2.53. The molecule has 1 aliphatic heterocycles. The maximum absolute atomic E-state index is 13.5. The molecule has 0 bridgehead atoms. The van der Waals surface area contributed by atoms with Crippen LogP contribution in [0, 0.1) is 5.82 Å². The number of piperazine rings is 1. The van der Waals surface area contributed by atoms with Crippen LogP contribution < -0.4 is 10.1 Å². The number of hydrogen-bond acceptors (Lipinski definition) is 4. The van der Waals surface area contributed by atoms with E-state index in [4.69, 9.17) is 4.74 Å². The van der Waals surface area contributed by atoms with Gasteiger partial charge in [-0.1, -0.05) is 18.2 Å². The highest BCUT2D eigenvalue weighted by atomic mass is 19.1. The van der Waals surface area contributed by atoms with Gasteiger partial charge < -0.3 is 14.5 Å². The number of hydrogen-bond donors (Lipinski definition) is 1. The van der Waals surface area contributed by atoms with E-state index in [1.807, 2.05) is 17.0 Å². The number of para-hydroxylation sites is 2. The van der Waals surface area contributed by atoms with Crippen molar-refractivity contribution in [1.29, 1.82) is 0 Å². The SMILES string of the molecule is COc1ccccc1N=C(NC(=O)c1cccc(F)c1)N1CCN(C=O)CC1. The number of methoxy groups -OCH3 is 1. The number of carbonyl (C=O) groups excluding carboxylic acids is 2. The maximum atomic E-state index is 13.5. The number of ether oxygens (including phenoxy) is 1. The fraction of sp³-hybridized carbons (Fsp3) is 0.250. The minimum Gasteiger partial charge on any atom is -0.494 e. The molecule has 1 saturated heterocycles.